The zero-order valence-electron chi connectivity index (χ0n) is 10.2. The van der Waals surface area contributed by atoms with Gasteiger partial charge in [-0.2, -0.15) is 0 Å². The lowest BCUT2D eigenvalue weighted by Crippen LogP contribution is -2.30. The number of rotatable bonds is 2. The minimum absolute atomic E-state index is 0.0397. The summed E-state index contributed by atoms with van der Waals surface area (Å²) in [6, 6.07) is 5.82. The van der Waals surface area contributed by atoms with E-state index in [0.717, 1.165) is 16.7 Å². The number of benzene rings is 1. The molecule has 0 aliphatic carbocycles. The Kier molecular flexibility index (Phi) is 3.29. The molecule has 1 heterocycles. The van der Waals surface area contributed by atoms with Gasteiger partial charge in [-0.15, -0.1) is 0 Å². The summed E-state index contributed by atoms with van der Waals surface area (Å²) < 4.78 is 5.37. The fourth-order valence-electron chi connectivity index (χ4n) is 1.88. The van der Waals surface area contributed by atoms with Gasteiger partial charge >= 0.3 is 0 Å². The molecule has 1 aliphatic rings. The molecular formula is C14H17NO2. The number of nitrogens with one attached hydrogen (secondary N) is 1. The monoisotopic (exact) mass is 231 g/mol. The van der Waals surface area contributed by atoms with E-state index in [-0.39, 0.29) is 11.9 Å². The van der Waals surface area contributed by atoms with Crippen LogP contribution >= 0.6 is 0 Å². The fourth-order valence-corrected chi connectivity index (χ4v) is 1.88. The number of hydrogen-bond donors (Lipinski definition) is 1. The smallest absolute Gasteiger partial charge is 0.251 e. The van der Waals surface area contributed by atoms with Gasteiger partial charge in [-0.25, -0.2) is 0 Å². The van der Waals surface area contributed by atoms with E-state index in [1.54, 1.807) is 0 Å². The Morgan fingerprint density at radius 2 is 2.18 bits per heavy atom. The summed E-state index contributed by atoms with van der Waals surface area (Å²) in [6.45, 7) is 9.00. The van der Waals surface area contributed by atoms with Gasteiger partial charge in [0.05, 0.1) is 13.2 Å². The van der Waals surface area contributed by atoms with E-state index in [4.69, 9.17) is 4.74 Å². The first-order chi connectivity index (χ1) is 8.08. The minimum Gasteiger partial charge on any atom is -0.372 e. The van der Waals surface area contributed by atoms with Crippen LogP contribution in [0, 0.1) is 0 Å². The highest BCUT2D eigenvalue weighted by atomic mass is 16.5. The highest BCUT2D eigenvalue weighted by Crippen LogP contribution is 2.25. The molecule has 0 bridgehead atoms. The second-order valence-corrected chi connectivity index (χ2v) is 4.60. The molecule has 0 saturated heterocycles. The van der Waals surface area contributed by atoms with Crippen molar-refractivity contribution < 1.29 is 9.53 Å². The van der Waals surface area contributed by atoms with Gasteiger partial charge in [-0.3, -0.25) is 4.79 Å². The van der Waals surface area contributed by atoms with Gasteiger partial charge in [0.1, 0.15) is 0 Å². The summed E-state index contributed by atoms with van der Waals surface area (Å²) in [5.41, 5.74) is 3.76. The molecule has 1 aromatic carbocycles. The average Bonchev–Trinajstić information content (AvgIpc) is 2.28. The summed E-state index contributed by atoms with van der Waals surface area (Å²) in [6.07, 6.45) is 0. The van der Waals surface area contributed by atoms with Crippen LogP contribution in [-0.2, 0) is 11.3 Å². The van der Waals surface area contributed by atoms with E-state index in [2.05, 4.69) is 11.9 Å². The number of fused-ring (bicyclic) bond motifs is 1. The van der Waals surface area contributed by atoms with E-state index >= 15 is 0 Å². The predicted octanol–water partition coefficient (Wildman–Crippen LogP) is 2.37. The third-order valence-corrected chi connectivity index (χ3v) is 2.71. The van der Waals surface area contributed by atoms with Crippen molar-refractivity contribution in [1.82, 2.24) is 5.32 Å². The zero-order valence-corrected chi connectivity index (χ0v) is 10.2. The molecule has 1 aliphatic heterocycles. The molecule has 2 rings (SSSR count). The number of carbonyl (C=O) groups is 1. The second kappa shape index (κ2) is 4.72. The van der Waals surface area contributed by atoms with Crippen LogP contribution in [0.25, 0.3) is 5.57 Å². The normalized spacial score (nSPS) is 14.6. The Labute approximate surface area is 101 Å². The van der Waals surface area contributed by atoms with Gasteiger partial charge in [-0.05, 0) is 42.7 Å². The molecule has 3 nitrogen and oxygen atoms in total. The van der Waals surface area contributed by atoms with Crippen molar-refractivity contribution in [3.05, 3.63) is 41.5 Å². The quantitative estimate of drug-likeness (QED) is 0.848. The number of carbonyl (C=O) groups excluding carboxylic acids is 1. The van der Waals surface area contributed by atoms with E-state index in [9.17, 15) is 4.79 Å². The van der Waals surface area contributed by atoms with Crippen molar-refractivity contribution in [2.24, 2.45) is 0 Å². The van der Waals surface area contributed by atoms with Crippen LogP contribution in [-0.4, -0.2) is 18.6 Å². The summed E-state index contributed by atoms with van der Waals surface area (Å²) >= 11 is 0. The predicted molar refractivity (Wildman–Crippen MR) is 67.7 cm³/mol. The molecule has 0 fully saturated rings. The molecule has 3 heteroatoms. The molecule has 0 unspecified atom stereocenters. The van der Waals surface area contributed by atoms with E-state index < -0.39 is 0 Å². The third kappa shape index (κ3) is 2.56. The molecule has 0 saturated carbocycles. The highest BCUT2D eigenvalue weighted by molar-refractivity contribution is 5.95. The Morgan fingerprint density at radius 3 is 2.88 bits per heavy atom. The average molecular weight is 231 g/mol. The molecule has 0 atom stereocenters. The highest BCUT2D eigenvalue weighted by Gasteiger charge is 2.15. The third-order valence-electron chi connectivity index (χ3n) is 2.71. The Morgan fingerprint density at radius 1 is 1.41 bits per heavy atom. The van der Waals surface area contributed by atoms with Gasteiger partial charge in [0.2, 0.25) is 0 Å². The number of amides is 1. The van der Waals surface area contributed by atoms with Crippen LogP contribution < -0.4 is 5.32 Å². The number of hydrogen-bond acceptors (Lipinski definition) is 2. The van der Waals surface area contributed by atoms with E-state index in [1.165, 1.54) is 0 Å². The van der Waals surface area contributed by atoms with Crippen LogP contribution in [0.4, 0.5) is 0 Å². The van der Waals surface area contributed by atoms with Crippen molar-refractivity contribution >= 4 is 11.5 Å². The SMILES string of the molecule is C=C1COCc2ccc(C(=O)NC(C)C)cc21. The van der Waals surface area contributed by atoms with Crippen LogP contribution in [0.3, 0.4) is 0 Å². The maximum absolute atomic E-state index is 11.9. The van der Waals surface area contributed by atoms with Gasteiger partial charge < -0.3 is 10.1 Å². The molecular weight excluding hydrogens is 214 g/mol. The maximum atomic E-state index is 11.9. The summed E-state index contributed by atoms with van der Waals surface area (Å²) in [5.74, 6) is -0.0397. The molecule has 0 radical (unpaired) electrons. The topological polar surface area (TPSA) is 38.3 Å². The van der Waals surface area contributed by atoms with Gasteiger partial charge in [0, 0.05) is 11.6 Å². The zero-order chi connectivity index (χ0) is 12.4. The summed E-state index contributed by atoms with van der Waals surface area (Å²) in [4.78, 5) is 11.9. The molecule has 1 aromatic rings. The van der Waals surface area contributed by atoms with Crippen molar-refractivity contribution in [3.63, 3.8) is 0 Å². The first-order valence-corrected chi connectivity index (χ1v) is 5.77. The lowest BCUT2D eigenvalue weighted by Gasteiger charge is -2.19. The first-order valence-electron chi connectivity index (χ1n) is 5.77. The second-order valence-electron chi connectivity index (χ2n) is 4.60. The molecule has 0 aromatic heterocycles. The van der Waals surface area contributed by atoms with Crippen molar-refractivity contribution in [1.29, 1.82) is 0 Å². The molecule has 90 valence electrons. The standard InChI is InChI=1S/C14H17NO2/c1-9(2)15-14(16)11-4-5-12-8-17-7-10(3)13(12)6-11/h4-6,9H,3,7-8H2,1-2H3,(H,15,16). The Bertz CT molecular complexity index is 463. The van der Waals surface area contributed by atoms with E-state index in [1.807, 2.05) is 32.0 Å². The van der Waals surface area contributed by atoms with Crippen LogP contribution in [0.1, 0.15) is 35.3 Å². The van der Waals surface area contributed by atoms with Crippen LogP contribution in [0.5, 0.6) is 0 Å². The van der Waals surface area contributed by atoms with Crippen LogP contribution in [0.2, 0.25) is 0 Å². The Hall–Kier alpha value is -1.61. The van der Waals surface area contributed by atoms with Crippen molar-refractivity contribution in [3.8, 4) is 0 Å². The number of ether oxygens (including phenoxy) is 1. The molecule has 17 heavy (non-hydrogen) atoms. The summed E-state index contributed by atoms with van der Waals surface area (Å²) in [7, 11) is 0. The van der Waals surface area contributed by atoms with Crippen LogP contribution in [0.15, 0.2) is 24.8 Å². The van der Waals surface area contributed by atoms with Gasteiger partial charge in [0.25, 0.3) is 5.91 Å². The molecule has 1 amide bonds. The Balaban J connectivity index is 2.29. The lowest BCUT2D eigenvalue weighted by molar-refractivity contribution is 0.0942. The van der Waals surface area contributed by atoms with E-state index in [0.29, 0.717) is 18.8 Å². The summed E-state index contributed by atoms with van der Waals surface area (Å²) in [5, 5.41) is 2.88. The minimum atomic E-state index is -0.0397. The fraction of sp³-hybridized carbons (Fsp3) is 0.357. The van der Waals surface area contributed by atoms with Crippen molar-refractivity contribution in [2.75, 3.05) is 6.61 Å². The van der Waals surface area contributed by atoms with Gasteiger partial charge in [-0.1, -0.05) is 12.6 Å². The van der Waals surface area contributed by atoms with Crippen molar-refractivity contribution in [2.45, 2.75) is 26.5 Å². The molecule has 1 N–H and O–H groups in total. The maximum Gasteiger partial charge on any atom is 0.251 e. The lowest BCUT2D eigenvalue weighted by atomic mass is 9.97. The largest absolute Gasteiger partial charge is 0.372 e. The first kappa shape index (κ1) is 11.9. The van der Waals surface area contributed by atoms with Gasteiger partial charge in [0.15, 0.2) is 0 Å². The molecule has 0 spiro atoms.